The van der Waals surface area contributed by atoms with Crippen LogP contribution >= 0.6 is 0 Å². The van der Waals surface area contributed by atoms with Gasteiger partial charge in [-0.15, -0.1) is 0 Å². The van der Waals surface area contributed by atoms with Gasteiger partial charge in [0.2, 0.25) is 5.95 Å². The van der Waals surface area contributed by atoms with Gasteiger partial charge in [-0.1, -0.05) is 12.1 Å². The van der Waals surface area contributed by atoms with Crippen molar-refractivity contribution in [3.05, 3.63) is 77.3 Å². The maximum absolute atomic E-state index is 13.4. The van der Waals surface area contributed by atoms with Crippen LogP contribution in [0.4, 0.5) is 21.8 Å². The van der Waals surface area contributed by atoms with Gasteiger partial charge in [-0.25, -0.2) is 19.0 Å². The molecule has 0 saturated carbocycles. The molecule has 1 aliphatic carbocycles. The minimum absolute atomic E-state index is 0.101. The Hall–Kier alpha value is -4.01. The molecule has 2 aromatic heterocycles. The van der Waals surface area contributed by atoms with Gasteiger partial charge in [0.05, 0.1) is 12.8 Å². The fourth-order valence-electron chi connectivity index (χ4n) is 4.28. The van der Waals surface area contributed by atoms with Crippen molar-refractivity contribution >= 4 is 17.5 Å². The molecular formula is C24H24FN7O. The van der Waals surface area contributed by atoms with E-state index in [2.05, 4.69) is 25.7 Å². The van der Waals surface area contributed by atoms with Gasteiger partial charge in [0.25, 0.3) is 0 Å². The number of anilines is 3. The molecule has 0 fully saturated rings. The Balaban J connectivity index is 1.48. The molecule has 0 aliphatic heterocycles. The highest BCUT2D eigenvalue weighted by Crippen LogP contribution is 2.40. The van der Waals surface area contributed by atoms with Crippen molar-refractivity contribution in [3.63, 3.8) is 0 Å². The zero-order valence-corrected chi connectivity index (χ0v) is 18.6. The van der Waals surface area contributed by atoms with E-state index >= 15 is 0 Å². The van der Waals surface area contributed by atoms with Gasteiger partial charge in [-0.2, -0.15) is 10.1 Å². The lowest BCUT2D eigenvalue weighted by atomic mass is 9.97. The van der Waals surface area contributed by atoms with Gasteiger partial charge in [-0.05, 0) is 49.6 Å². The molecule has 2 aromatic carbocycles. The molecule has 0 bridgehead atoms. The number of benzene rings is 2. The summed E-state index contributed by atoms with van der Waals surface area (Å²) >= 11 is 0. The zero-order valence-electron chi connectivity index (χ0n) is 18.6. The monoisotopic (exact) mass is 445 g/mol. The van der Waals surface area contributed by atoms with Crippen LogP contribution in [0.3, 0.4) is 0 Å². The maximum Gasteiger partial charge on any atom is 0.229 e. The average molecular weight is 446 g/mol. The third kappa shape index (κ3) is 3.97. The van der Waals surface area contributed by atoms with Crippen LogP contribution in [0.2, 0.25) is 0 Å². The highest BCUT2D eigenvalue weighted by molar-refractivity contribution is 5.64. The molecule has 168 valence electrons. The number of nitrogens with zero attached hydrogens (tertiary/aromatic N) is 5. The first kappa shape index (κ1) is 20.9. The lowest BCUT2D eigenvalue weighted by Gasteiger charge is -2.16. The Morgan fingerprint density at radius 3 is 2.64 bits per heavy atom. The molecular weight excluding hydrogens is 421 g/mol. The Morgan fingerprint density at radius 2 is 1.94 bits per heavy atom. The number of halogens is 1. The molecule has 8 nitrogen and oxygen atoms in total. The molecule has 0 amide bonds. The number of ether oxygens (including phenoxy) is 1. The van der Waals surface area contributed by atoms with Crippen LogP contribution < -0.4 is 15.4 Å². The van der Waals surface area contributed by atoms with Crippen LogP contribution in [0.1, 0.15) is 35.0 Å². The number of methoxy groups -OCH3 is 1. The molecule has 0 radical (unpaired) electrons. The third-order valence-electron chi connectivity index (χ3n) is 5.85. The summed E-state index contributed by atoms with van der Waals surface area (Å²) in [6, 6.07) is 12.4. The van der Waals surface area contributed by atoms with Gasteiger partial charge >= 0.3 is 0 Å². The zero-order chi connectivity index (χ0) is 22.9. The van der Waals surface area contributed by atoms with E-state index in [1.54, 1.807) is 18.1 Å². The minimum atomic E-state index is -0.239. The van der Waals surface area contributed by atoms with Crippen LogP contribution in [-0.4, -0.2) is 38.9 Å². The van der Waals surface area contributed by atoms with Gasteiger partial charge in [0.15, 0.2) is 0 Å². The summed E-state index contributed by atoms with van der Waals surface area (Å²) in [5, 5.41) is 10.9. The second-order valence-corrected chi connectivity index (χ2v) is 7.90. The molecule has 4 aromatic rings. The number of nitrogens with one attached hydrogen (secondary N) is 2. The van der Waals surface area contributed by atoms with Gasteiger partial charge in [0.1, 0.15) is 35.2 Å². The van der Waals surface area contributed by atoms with Crippen LogP contribution in [-0.2, 0) is 6.42 Å². The first-order valence-electron chi connectivity index (χ1n) is 10.7. The van der Waals surface area contributed by atoms with E-state index in [4.69, 9.17) is 9.72 Å². The van der Waals surface area contributed by atoms with Gasteiger partial charge < -0.3 is 15.4 Å². The first-order chi connectivity index (χ1) is 16.1. The Morgan fingerprint density at radius 1 is 1.12 bits per heavy atom. The number of aryl methyl sites for hydroxylation is 1. The van der Waals surface area contributed by atoms with E-state index in [9.17, 15) is 4.39 Å². The van der Waals surface area contributed by atoms with Crippen molar-refractivity contribution < 1.29 is 9.13 Å². The fraction of sp³-hybridized carbons (Fsp3) is 0.250. The smallest absolute Gasteiger partial charge is 0.229 e. The van der Waals surface area contributed by atoms with Crippen molar-refractivity contribution in [2.75, 3.05) is 24.8 Å². The van der Waals surface area contributed by atoms with E-state index in [0.29, 0.717) is 17.5 Å². The summed E-state index contributed by atoms with van der Waals surface area (Å²) in [6.45, 7) is 1.84. The summed E-state index contributed by atoms with van der Waals surface area (Å²) in [5.41, 5.74) is 4.68. The summed E-state index contributed by atoms with van der Waals surface area (Å²) < 4.78 is 20.7. The van der Waals surface area contributed by atoms with Crippen molar-refractivity contribution in [1.29, 1.82) is 0 Å². The summed E-state index contributed by atoms with van der Waals surface area (Å²) in [4.78, 5) is 13.7. The number of aromatic nitrogens is 5. The average Bonchev–Trinajstić information content (AvgIpc) is 3.45. The van der Waals surface area contributed by atoms with E-state index in [-0.39, 0.29) is 11.7 Å². The molecule has 5 rings (SSSR count). The lowest BCUT2D eigenvalue weighted by Crippen LogP contribution is -2.08. The highest BCUT2D eigenvalue weighted by atomic mass is 19.1. The summed E-state index contributed by atoms with van der Waals surface area (Å²) in [7, 11) is 3.47. The fourth-order valence-corrected chi connectivity index (χ4v) is 4.28. The third-order valence-corrected chi connectivity index (χ3v) is 5.85. The minimum Gasteiger partial charge on any atom is -0.494 e. The highest BCUT2D eigenvalue weighted by Gasteiger charge is 2.29. The van der Waals surface area contributed by atoms with Gasteiger partial charge in [0, 0.05) is 30.3 Å². The normalized spacial score (nSPS) is 14.7. The van der Waals surface area contributed by atoms with Crippen molar-refractivity contribution in [2.24, 2.45) is 0 Å². The molecule has 0 spiro atoms. The standard InChI is InChI=1S/C24H24FN7O/c1-14-27-13-32(31-14)20-11-8-17(12-21(20)33-3)28-24-29-22-18(15-4-6-16(25)7-5-15)9-10-19(22)23(26-2)30-24/h4-8,11-13,18H,9-10H2,1-3H3,(H2,26,28,29,30). The van der Waals surface area contributed by atoms with Crippen LogP contribution in [0, 0.1) is 12.7 Å². The van der Waals surface area contributed by atoms with Crippen molar-refractivity contribution in [1.82, 2.24) is 24.7 Å². The molecule has 2 heterocycles. The van der Waals surface area contributed by atoms with Crippen LogP contribution in [0.15, 0.2) is 48.8 Å². The Labute approximate surface area is 190 Å². The number of hydrogen-bond acceptors (Lipinski definition) is 7. The second kappa shape index (κ2) is 8.50. The van der Waals surface area contributed by atoms with E-state index in [0.717, 1.165) is 46.9 Å². The Kier molecular flexibility index (Phi) is 5.37. The molecule has 0 saturated heterocycles. The van der Waals surface area contributed by atoms with Crippen molar-refractivity contribution in [2.45, 2.75) is 25.7 Å². The van der Waals surface area contributed by atoms with E-state index < -0.39 is 0 Å². The summed E-state index contributed by atoms with van der Waals surface area (Å²) in [5.74, 6) is 2.47. The predicted octanol–water partition coefficient (Wildman–Crippen LogP) is 4.38. The molecule has 1 aliphatic rings. The second-order valence-electron chi connectivity index (χ2n) is 7.90. The number of hydrogen-bond donors (Lipinski definition) is 2. The number of rotatable bonds is 6. The van der Waals surface area contributed by atoms with E-state index in [1.165, 1.54) is 12.1 Å². The number of fused-ring (bicyclic) bond motifs is 1. The quantitative estimate of drug-likeness (QED) is 0.455. The predicted molar refractivity (Wildman–Crippen MR) is 124 cm³/mol. The van der Waals surface area contributed by atoms with Crippen LogP contribution in [0.25, 0.3) is 5.69 Å². The molecule has 33 heavy (non-hydrogen) atoms. The maximum atomic E-state index is 13.4. The lowest BCUT2D eigenvalue weighted by molar-refractivity contribution is 0.412. The Bertz CT molecular complexity index is 1300. The van der Waals surface area contributed by atoms with Gasteiger partial charge in [-0.3, -0.25) is 0 Å². The van der Waals surface area contributed by atoms with Crippen molar-refractivity contribution in [3.8, 4) is 11.4 Å². The topological polar surface area (TPSA) is 89.8 Å². The molecule has 2 N–H and O–H groups in total. The van der Waals surface area contributed by atoms with Crippen LogP contribution in [0.5, 0.6) is 5.75 Å². The van der Waals surface area contributed by atoms with E-state index in [1.807, 2.05) is 44.3 Å². The molecule has 9 heteroatoms. The summed E-state index contributed by atoms with van der Waals surface area (Å²) in [6.07, 6.45) is 3.43. The SMILES string of the molecule is CNc1nc(Nc2ccc(-n3cnc(C)n3)c(OC)c2)nc2c1CCC2c1ccc(F)cc1. The molecule has 1 unspecified atom stereocenters. The first-order valence-corrected chi connectivity index (χ1v) is 10.7. The largest absolute Gasteiger partial charge is 0.494 e. The molecule has 1 atom stereocenters.